The van der Waals surface area contributed by atoms with Gasteiger partial charge in [0.15, 0.2) is 6.10 Å². The van der Waals surface area contributed by atoms with E-state index in [1.54, 1.807) is 0 Å². The molecule has 98 valence electrons. The molecule has 1 aromatic carbocycles. The molecule has 0 bridgehead atoms. The highest BCUT2D eigenvalue weighted by atomic mass is 35.5. The number of alkyl halides is 3. The van der Waals surface area contributed by atoms with Crippen molar-refractivity contribution >= 4 is 17.5 Å². The van der Waals surface area contributed by atoms with Gasteiger partial charge in [0.05, 0.1) is 5.56 Å². The molecule has 0 fully saturated rings. The summed E-state index contributed by atoms with van der Waals surface area (Å²) in [6.07, 6.45) is -4.69. The number of rotatable bonds is 4. The van der Waals surface area contributed by atoms with E-state index in [1.807, 2.05) is 0 Å². The van der Waals surface area contributed by atoms with Crippen LogP contribution in [0.15, 0.2) is 30.9 Å². The fraction of sp³-hybridized carbons (Fsp3) is 0.182. The molecule has 0 heterocycles. The van der Waals surface area contributed by atoms with Gasteiger partial charge in [-0.1, -0.05) is 18.2 Å². The van der Waals surface area contributed by atoms with Crippen LogP contribution >= 0.6 is 11.6 Å². The monoisotopic (exact) mass is 279 g/mol. The van der Waals surface area contributed by atoms with Gasteiger partial charge in [0.1, 0.15) is 5.75 Å². The Morgan fingerprint density at radius 2 is 2.06 bits per heavy atom. The minimum Gasteiger partial charge on any atom is -0.476 e. The minimum atomic E-state index is -4.56. The predicted octanol–water partition coefficient (Wildman–Crippen LogP) is 2.78. The first-order chi connectivity index (χ1) is 8.24. The number of nitrogens with two attached hydrogens (primary N) is 1. The summed E-state index contributed by atoms with van der Waals surface area (Å²) >= 11 is 5.54. The van der Waals surface area contributed by atoms with Crippen LogP contribution in [0, 0.1) is 0 Å². The van der Waals surface area contributed by atoms with Gasteiger partial charge in [-0.25, -0.2) is 0 Å². The van der Waals surface area contributed by atoms with Crippen molar-refractivity contribution in [2.75, 3.05) is 0 Å². The van der Waals surface area contributed by atoms with Crippen LogP contribution in [0.2, 0.25) is 5.02 Å². The summed E-state index contributed by atoms with van der Waals surface area (Å²) < 4.78 is 42.5. The van der Waals surface area contributed by atoms with Crippen LogP contribution in [0.25, 0.3) is 0 Å². The largest absolute Gasteiger partial charge is 0.476 e. The third-order valence-electron chi connectivity index (χ3n) is 1.96. The summed E-state index contributed by atoms with van der Waals surface area (Å²) in [7, 11) is 0. The van der Waals surface area contributed by atoms with E-state index in [1.165, 1.54) is 0 Å². The molecule has 18 heavy (non-hydrogen) atoms. The topological polar surface area (TPSA) is 52.3 Å². The van der Waals surface area contributed by atoms with E-state index < -0.39 is 23.8 Å². The first kappa shape index (κ1) is 14.4. The van der Waals surface area contributed by atoms with Gasteiger partial charge in [-0.2, -0.15) is 13.2 Å². The van der Waals surface area contributed by atoms with Crippen molar-refractivity contribution < 1.29 is 22.7 Å². The van der Waals surface area contributed by atoms with Crippen LogP contribution in [0.3, 0.4) is 0 Å². The van der Waals surface area contributed by atoms with E-state index >= 15 is 0 Å². The third-order valence-corrected chi connectivity index (χ3v) is 2.17. The Labute approximate surface area is 106 Å². The molecule has 0 unspecified atom stereocenters. The Balaban J connectivity index is 3.07. The Hall–Kier alpha value is -1.69. The van der Waals surface area contributed by atoms with Crippen molar-refractivity contribution in [3.05, 3.63) is 41.4 Å². The number of hydrogen-bond donors (Lipinski definition) is 1. The second-order valence-corrected chi connectivity index (χ2v) is 3.79. The van der Waals surface area contributed by atoms with E-state index in [4.69, 9.17) is 22.1 Å². The molecule has 1 aromatic rings. The van der Waals surface area contributed by atoms with Crippen LogP contribution < -0.4 is 10.5 Å². The third kappa shape index (κ3) is 3.66. The van der Waals surface area contributed by atoms with E-state index in [0.29, 0.717) is 0 Å². The number of hydrogen-bond acceptors (Lipinski definition) is 2. The number of carbonyl (C=O) groups excluding carboxylic acids is 1. The summed E-state index contributed by atoms with van der Waals surface area (Å²) in [5, 5.41) is -0.160. The van der Waals surface area contributed by atoms with E-state index in [-0.39, 0.29) is 10.8 Å². The molecule has 0 saturated carbocycles. The van der Waals surface area contributed by atoms with Crippen molar-refractivity contribution in [1.82, 2.24) is 0 Å². The molecule has 0 radical (unpaired) electrons. The molecule has 1 atom stereocenters. The summed E-state index contributed by atoms with van der Waals surface area (Å²) in [6.45, 7) is 3.29. The van der Waals surface area contributed by atoms with Crippen molar-refractivity contribution in [2.24, 2.45) is 5.73 Å². The molecule has 1 amide bonds. The van der Waals surface area contributed by atoms with Gasteiger partial charge in [-0.05, 0) is 24.3 Å². The molecule has 7 heteroatoms. The molecule has 0 saturated heterocycles. The summed E-state index contributed by atoms with van der Waals surface area (Å²) in [5.41, 5.74) is 3.99. The lowest BCUT2D eigenvalue weighted by Crippen LogP contribution is -2.31. The van der Waals surface area contributed by atoms with Gasteiger partial charge in [-0.3, -0.25) is 4.79 Å². The number of amides is 1. The smallest absolute Gasteiger partial charge is 0.416 e. The molecule has 3 nitrogen and oxygen atoms in total. The van der Waals surface area contributed by atoms with Gasteiger partial charge in [0, 0.05) is 5.02 Å². The highest BCUT2D eigenvalue weighted by molar-refractivity contribution is 6.30. The quantitative estimate of drug-likeness (QED) is 0.862. The molecule has 0 spiro atoms. The Morgan fingerprint density at radius 3 is 2.50 bits per heavy atom. The first-order valence-electron chi connectivity index (χ1n) is 4.70. The van der Waals surface area contributed by atoms with Gasteiger partial charge in [0.2, 0.25) is 0 Å². The van der Waals surface area contributed by atoms with Gasteiger partial charge < -0.3 is 10.5 Å². The normalized spacial score (nSPS) is 12.9. The Kier molecular flexibility index (Phi) is 4.24. The van der Waals surface area contributed by atoms with Crippen LogP contribution in [0.1, 0.15) is 5.56 Å². The van der Waals surface area contributed by atoms with Crippen LogP contribution in [0.4, 0.5) is 13.2 Å². The summed E-state index contributed by atoms with van der Waals surface area (Å²) in [6, 6.07) is 2.63. The fourth-order valence-corrected chi connectivity index (χ4v) is 1.39. The standard InChI is InChI=1S/C11H9ClF3NO2/c1-2-9(10(16)17)18-8-4-6(11(13,14)15)3-7(12)5-8/h2-5,9H,1H2,(H2,16,17)/t9-/m0/s1. The number of benzene rings is 1. The molecular weight excluding hydrogens is 271 g/mol. The van der Waals surface area contributed by atoms with Crippen LogP contribution in [0.5, 0.6) is 5.75 Å². The average molecular weight is 280 g/mol. The molecule has 0 aliphatic carbocycles. The number of halogens is 4. The Bertz CT molecular complexity index is 474. The maximum atomic E-state index is 12.5. The first-order valence-corrected chi connectivity index (χ1v) is 5.08. The van der Waals surface area contributed by atoms with Gasteiger partial charge in [-0.15, -0.1) is 0 Å². The predicted molar refractivity (Wildman–Crippen MR) is 60.3 cm³/mol. The zero-order chi connectivity index (χ0) is 13.9. The molecule has 1 rings (SSSR count). The molecule has 2 N–H and O–H groups in total. The highest BCUT2D eigenvalue weighted by Crippen LogP contribution is 2.34. The van der Waals surface area contributed by atoms with Crippen LogP contribution in [-0.4, -0.2) is 12.0 Å². The van der Waals surface area contributed by atoms with Gasteiger partial charge in [0.25, 0.3) is 5.91 Å². The Morgan fingerprint density at radius 1 is 1.44 bits per heavy atom. The minimum absolute atomic E-state index is 0.160. The average Bonchev–Trinajstić information content (AvgIpc) is 2.23. The summed E-state index contributed by atoms with van der Waals surface area (Å²) in [5.74, 6) is -1.07. The van der Waals surface area contributed by atoms with E-state index in [0.717, 1.165) is 24.3 Å². The molecular formula is C11H9ClF3NO2. The fourth-order valence-electron chi connectivity index (χ4n) is 1.16. The zero-order valence-electron chi connectivity index (χ0n) is 9.00. The maximum Gasteiger partial charge on any atom is 0.416 e. The SMILES string of the molecule is C=C[C@H](Oc1cc(Cl)cc(C(F)(F)F)c1)C(N)=O. The van der Waals surface area contributed by atoms with Crippen molar-refractivity contribution in [3.8, 4) is 5.75 Å². The van der Waals surface area contributed by atoms with Crippen molar-refractivity contribution in [3.63, 3.8) is 0 Å². The van der Waals surface area contributed by atoms with Gasteiger partial charge >= 0.3 is 6.18 Å². The van der Waals surface area contributed by atoms with Crippen molar-refractivity contribution in [2.45, 2.75) is 12.3 Å². The molecule has 0 aliphatic rings. The lowest BCUT2D eigenvalue weighted by molar-refractivity contribution is -0.137. The van der Waals surface area contributed by atoms with Crippen molar-refractivity contribution in [1.29, 1.82) is 0 Å². The highest BCUT2D eigenvalue weighted by Gasteiger charge is 2.31. The number of primary amides is 1. The molecule has 0 aromatic heterocycles. The van der Waals surface area contributed by atoms with E-state index in [9.17, 15) is 18.0 Å². The lowest BCUT2D eigenvalue weighted by Gasteiger charge is -2.14. The van der Waals surface area contributed by atoms with E-state index in [2.05, 4.69) is 6.58 Å². The van der Waals surface area contributed by atoms with Crippen LogP contribution in [-0.2, 0) is 11.0 Å². The zero-order valence-corrected chi connectivity index (χ0v) is 9.76. The lowest BCUT2D eigenvalue weighted by atomic mass is 10.2. The second kappa shape index (κ2) is 5.30. The second-order valence-electron chi connectivity index (χ2n) is 3.35. The maximum absolute atomic E-state index is 12.5. The molecule has 0 aliphatic heterocycles. The number of carbonyl (C=O) groups is 1. The number of ether oxygens (including phenoxy) is 1. The summed E-state index contributed by atoms with van der Waals surface area (Å²) in [4.78, 5) is 10.9.